The fraction of sp³-hybridized carbons (Fsp3) is 0.400. The van der Waals surface area contributed by atoms with E-state index in [2.05, 4.69) is 101 Å². The minimum atomic E-state index is -0.702. The Morgan fingerprint density at radius 3 is 0.935 bits per heavy atom. The van der Waals surface area contributed by atoms with Crippen LogP contribution in [0.1, 0.15) is 55.6 Å². The van der Waals surface area contributed by atoms with Gasteiger partial charge in [-0.3, -0.25) is 0 Å². The van der Waals surface area contributed by atoms with Gasteiger partial charge in [0, 0.05) is 11.1 Å². The van der Waals surface area contributed by atoms with E-state index in [0.29, 0.717) is 0 Å². The van der Waals surface area contributed by atoms with E-state index >= 15 is 0 Å². The first kappa shape index (κ1) is 23.5. The van der Waals surface area contributed by atoms with Crippen molar-refractivity contribution >= 4 is 14.0 Å². The van der Waals surface area contributed by atoms with Crippen LogP contribution in [0.25, 0.3) is 22.3 Å². The lowest BCUT2D eigenvalue weighted by Crippen LogP contribution is -2.28. The monoisotopic (exact) mass is 427 g/mol. The minimum Gasteiger partial charge on any atom is -0.0608 e. The number of benzene rings is 3. The zero-order chi connectivity index (χ0) is 23.4. The van der Waals surface area contributed by atoms with Gasteiger partial charge in [-0.05, 0) is 136 Å². The molecule has 0 spiro atoms. The predicted molar refractivity (Wildman–Crippen MR) is 142 cm³/mol. The van der Waals surface area contributed by atoms with Crippen molar-refractivity contribution in [3.05, 3.63) is 73.8 Å². The normalized spacial score (nSPS) is 11.2. The lowest BCUT2D eigenvalue weighted by atomic mass is 9.83. The van der Waals surface area contributed by atoms with Crippen LogP contribution in [-0.4, -0.2) is 8.80 Å². The molecule has 0 aromatic heterocycles. The fourth-order valence-electron chi connectivity index (χ4n) is 5.32. The van der Waals surface area contributed by atoms with Gasteiger partial charge >= 0.3 is 8.80 Å². The third-order valence-electron chi connectivity index (χ3n) is 8.10. The van der Waals surface area contributed by atoms with Crippen LogP contribution in [0.5, 0.6) is 0 Å². The van der Waals surface area contributed by atoms with Crippen molar-refractivity contribution in [3.63, 3.8) is 0 Å². The van der Waals surface area contributed by atoms with Gasteiger partial charge in [0.25, 0.3) is 0 Å². The SMILES string of the molecule is Cc1c(C)c(C)c(-c2cccc(-c3c(C)c(C)c(C)c(C)c3C)c2[Si+](C)C)c(C)c1C. The lowest BCUT2D eigenvalue weighted by molar-refractivity contribution is 1.18. The molecule has 0 nitrogen and oxygen atoms in total. The second-order valence-corrected chi connectivity index (χ2v) is 12.2. The molecule has 0 atom stereocenters. The summed E-state index contributed by atoms with van der Waals surface area (Å²) in [6.45, 7) is 27.8. The Kier molecular flexibility index (Phi) is 6.40. The molecule has 0 heterocycles. The molecular weight excluding hydrogens is 388 g/mol. The summed E-state index contributed by atoms with van der Waals surface area (Å²) in [5.41, 5.74) is 20.2. The highest BCUT2D eigenvalue weighted by Gasteiger charge is 2.30. The molecule has 0 aliphatic heterocycles. The fourth-order valence-corrected chi connectivity index (χ4v) is 6.81. The Hall–Kier alpha value is -2.12. The summed E-state index contributed by atoms with van der Waals surface area (Å²) < 4.78 is 0. The van der Waals surface area contributed by atoms with Crippen LogP contribution in [0.2, 0.25) is 13.1 Å². The highest BCUT2D eigenvalue weighted by atomic mass is 28.3. The van der Waals surface area contributed by atoms with Crippen LogP contribution in [0, 0.1) is 69.2 Å². The number of hydrogen-bond acceptors (Lipinski definition) is 0. The lowest BCUT2D eigenvalue weighted by Gasteiger charge is -2.23. The van der Waals surface area contributed by atoms with Crippen LogP contribution < -0.4 is 5.19 Å². The molecule has 3 aromatic rings. The third-order valence-corrected chi connectivity index (χ3v) is 9.64. The van der Waals surface area contributed by atoms with E-state index in [1.165, 1.54) is 77.9 Å². The van der Waals surface area contributed by atoms with Gasteiger partial charge in [0.15, 0.2) is 0 Å². The third kappa shape index (κ3) is 3.61. The quantitative estimate of drug-likeness (QED) is 0.371. The van der Waals surface area contributed by atoms with Crippen molar-refractivity contribution in [2.24, 2.45) is 0 Å². The molecule has 0 aliphatic rings. The number of rotatable bonds is 3. The highest BCUT2D eigenvalue weighted by Crippen LogP contribution is 2.38. The topological polar surface area (TPSA) is 0 Å². The maximum Gasteiger partial charge on any atom is 0.347 e. The smallest absolute Gasteiger partial charge is 0.0608 e. The summed E-state index contributed by atoms with van der Waals surface area (Å²) in [7, 11) is -0.702. The van der Waals surface area contributed by atoms with E-state index in [-0.39, 0.29) is 0 Å². The molecule has 0 amide bonds. The maximum atomic E-state index is 2.45. The molecule has 0 N–H and O–H groups in total. The van der Waals surface area contributed by atoms with Gasteiger partial charge in [-0.1, -0.05) is 18.2 Å². The molecule has 0 aliphatic carbocycles. The molecule has 0 radical (unpaired) electrons. The molecule has 3 rings (SSSR count). The van der Waals surface area contributed by atoms with Crippen molar-refractivity contribution in [2.75, 3.05) is 0 Å². The van der Waals surface area contributed by atoms with E-state index in [1.54, 1.807) is 5.19 Å². The highest BCUT2D eigenvalue weighted by molar-refractivity contribution is 6.73. The maximum absolute atomic E-state index is 2.45. The predicted octanol–water partition coefficient (Wildman–Crippen LogP) is 8.07. The number of hydrogen-bond donors (Lipinski definition) is 0. The minimum absolute atomic E-state index is 0.702. The summed E-state index contributed by atoms with van der Waals surface area (Å²) in [5, 5.41) is 1.58. The van der Waals surface area contributed by atoms with Gasteiger partial charge in [-0.25, -0.2) is 0 Å². The molecule has 0 bridgehead atoms. The summed E-state index contributed by atoms with van der Waals surface area (Å²) in [6.07, 6.45) is 0. The van der Waals surface area contributed by atoms with Crippen LogP contribution in [0.3, 0.4) is 0 Å². The van der Waals surface area contributed by atoms with Gasteiger partial charge in [-0.2, -0.15) is 0 Å². The molecule has 0 saturated carbocycles. The first-order valence-electron chi connectivity index (χ1n) is 11.5. The molecule has 1 heteroatoms. The molecule has 162 valence electrons. The zero-order valence-corrected chi connectivity index (χ0v) is 22.7. The van der Waals surface area contributed by atoms with Crippen molar-refractivity contribution in [3.8, 4) is 22.3 Å². The summed E-state index contributed by atoms with van der Waals surface area (Å²) in [4.78, 5) is 0. The summed E-state index contributed by atoms with van der Waals surface area (Å²) >= 11 is 0. The van der Waals surface area contributed by atoms with E-state index < -0.39 is 8.80 Å². The first-order valence-corrected chi connectivity index (χ1v) is 14.0. The van der Waals surface area contributed by atoms with E-state index in [1.807, 2.05) is 0 Å². The van der Waals surface area contributed by atoms with E-state index in [0.717, 1.165) is 0 Å². The van der Waals surface area contributed by atoms with Crippen LogP contribution in [-0.2, 0) is 0 Å². The van der Waals surface area contributed by atoms with Gasteiger partial charge in [0.05, 0.1) is 13.1 Å². The Morgan fingerprint density at radius 2 is 0.677 bits per heavy atom. The van der Waals surface area contributed by atoms with Gasteiger partial charge in [0.1, 0.15) is 5.19 Å². The Bertz CT molecular complexity index is 1050. The van der Waals surface area contributed by atoms with Crippen molar-refractivity contribution in [1.82, 2.24) is 0 Å². The van der Waals surface area contributed by atoms with E-state index in [9.17, 15) is 0 Å². The summed E-state index contributed by atoms with van der Waals surface area (Å²) in [6, 6.07) is 7.03. The van der Waals surface area contributed by atoms with Gasteiger partial charge < -0.3 is 0 Å². The second-order valence-electron chi connectivity index (χ2n) is 9.73. The summed E-state index contributed by atoms with van der Waals surface area (Å²) in [5.74, 6) is 0. The Labute approximate surface area is 192 Å². The second kappa shape index (κ2) is 8.43. The molecule has 31 heavy (non-hydrogen) atoms. The Morgan fingerprint density at radius 1 is 0.419 bits per heavy atom. The van der Waals surface area contributed by atoms with Crippen molar-refractivity contribution < 1.29 is 0 Å². The van der Waals surface area contributed by atoms with Crippen LogP contribution >= 0.6 is 0 Å². The zero-order valence-electron chi connectivity index (χ0n) is 21.7. The van der Waals surface area contributed by atoms with Crippen LogP contribution in [0.15, 0.2) is 18.2 Å². The van der Waals surface area contributed by atoms with Crippen LogP contribution in [0.4, 0.5) is 0 Å². The molecule has 3 aromatic carbocycles. The molecule has 0 saturated heterocycles. The van der Waals surface area contributed by atoms with Gasteiger partial charge in [-0.15, -0.1) is 0 Å². The Balaban J connectivity index is 2.49. The molecule has 0 fully saturated rings. The molecular formula is C30H39Si+. The average Bonchev–Trinajstić information content (AvgIpc) is 2.73. The average molecular weight is 428 g/mol. The van der Waals surface area contributed by atoms with Crippen molar-refractivity contribution in [1.29, 1.82) is 0 Å². The van der Waals surface area contributed by atoms with E-state index in [4.69, 9.17) is 0 Å². The van der Waals surface area contributed by atoms with Crippen molar-refractivity contribution in [2.45, 2.75) is 82.3 Å². The largest absolute Gasteiger partial charge is 0.347 e. The molecule has 0 unspecified atom stereocenters. The standard InChI is InChI=1S/C30H39Si/c1-16-18(3)22(7)28(23(8)19(16)4)26-14-13-15-27(30(26)31(11)12)29-24(9)20(5)17(2)21(6)25(29)10/h13-15H,1-12H3/q+1. The first-order chi connectivity index (χ1) is 14.4. The van der Waals surface area contributed by atoms with Gasteiger partial charge in [0.2, 0.25) is 0 Å².